The van der Waals surface area contributed by atoms with Crippen LogP contribution in [0.2, 0.25) is 0 Å². The largest absolute Gasteiger partial charge is 0.441 e. The number of allylic oxidation sites excluding steroid dienone is 1. The van der Waals surface area contributed by atoms with Crippen molar-refractivity contribution in [3.05, 3.63) is 53.9 Å². The Morgan fingerprint density at radius 3 is 2.33 bits per heavy atom. The molecule has 2 aliphatic heterocycles. The molecular formula is C27H37N5O4. The van der Waals surface area contributed by atoms with E-state index in [4.69, 9.17) is 14.9 Å². The summed E-state index contributed by atoms with van der Waals surface area (Å²) >= 11 is 0. The fourth-order valence-electron chi connectivity index (χ4n) is 4.99. The van der Waals surface area contributed by atoms with Crippen molar-refractivity contribution >= 4 is 18.5 Å². The van der Waals surface area contributed by atoms with Crippen molar-refractivity contribution in [2.24, 2.45) is 5.10 Å². The van der Waals surface area contributed by atoms with E-state index >= 15 is 0 Å². The van der Waals surface area contributed by atoms with Gasteiger partial charge in [0.2, 0.25) is 0 Å². The molecule has 0 atom stereocenters. The maximum atomic E-state index is 12.3. The molecule has 0 unspecified atom stereocenters. The van der Waals surface area contributed by atoms with Crippen LogP contribution in [0.4, 0.5) is 4.79 Å². The van der Waals surface area contributed by atoms with Gasteiger partial charge < -0.3 is 30.1 Å². The van der Waals surface area contributed by atoms with Crippen molar-refractivity contribution < 1.29 is 19.7 Å². The van der Waals surface area contributed by atoms with E-state index in [0.717, 1.165) is 35.6 Å². The molecule has 0 bridgehead atoms. The average Bonchev–Trinajstić information content (AvgIpc) is 3.37. The first-order valence-electron chi connectivity index (χ1n) is 12.7. The molecule has 0 radical (unpaired) electrons. The van der Waals surface area contributed by atoms with Crippen molar-refractivity contribution in [1.29, 1.82) is 0 Å². The Balaban J connectivity index is 1.45. The smallest absolute Gasteiger partial charge is 0.410 e. The Kier molecular flexibility index (Phi) is 8.79. The van der Waals surface area contributed by atoms with Crippen LogP contribution in [0.1, 0.15) is 36.9 Å². The summed E-state index contributed by atoms with van der Waals surface area (Å²) < 4.78 is 6.96. The molecule has 4 rings (SSSR count). The zero-order chi connectivity index (χ0) is 25.5. The molecule has 0 spiro atoms. The Bertz CT molecular complexity index is 1050. The molecule has 2 aromatic rings. The molecule has 1 aromatic carbocycles. The Hall–Kier alpha value is -3.14. The van der Waals surface area contributed by atoms with Gasteiger partial charge in [-0.15, -0.1) is 0 Å². The van der Waals surface area contributed by atoms with Crippen molar-refractivity contribution in [2.75, 3.05) is 52.5 Å². The summed E-state index contributed by atoms with van der Waals surface area (Å²) in [6.45, 7) is 9.33. The molecule has 9 heteroatoms. The number of rotatable bonds is 8. The highest BCUT2D eigenvalue weighted by molar-refractivity contribution is 5.72. The summed E-state index contributed by atoms with van der Waals surface area (Å²) in [6, 6.07) is 11.0. The number of aromatic nitrogens is 1. The van der Waals surface area contributed by atoms with E-state index in [1.165, 1.54) is 18.4 Å². The lowest BCUT2D eigenvalue weighted by atomic mass is 9.89. The van der Waals surface area contributed by atoms with Gasteiger partial charge in [-0.2, -0.15) is 5.10 Å². The average molecular weight is 496 g/mol. The fraction of sp³-hybridized carbons (Fsp3) is 0.481. The zero-order valence-corrected chi connectivity index (χ0v) is 21.0. The van der Waals surface area contributed by atoms with Crippen LogP contribution < -0.4 is 5.32 Å². The number of aliphatic hydroxyl groups is 2. The van der Waals surface area contributed by atoms with E-state index in [-0.39, 0.29) is 0 Å². The first-order valence-corrected chi connectivity index (χ1v) is 12.7. The molecule has 1 amide bonds. The maximum absolute atomic E-state index is 12.3. The molecule has 9 nitrogen and oxygen atoms in total. The van der Waals surface area contributed by atoms with Gasteiger partial charge in [0.05, 0.1) is 24.6 Å². The summed E-state index contributed by atoms with van der Waals surface area (Å²) in [5.74, 6) is 0.624. The molecule has 2 aliphatic rings. The third-order valence-electron chi connectivity index (χ3n) is 7.10. The lowest BCUT2D eigenvalue weighted by molar-refractivity contribution is 0.000522. The van der Waals surface area contributed by atoms with Gasteiger partial charge in [-0.25, -0.2) is 9.47 Å². The quantitative estimate of drug-likeness (QED) is 0.487. The topological polar surface area (TPSA) is 103 Å². The number of nitrogens with one attached hydrogen (secondary N) is 1. The predicted molar refractivity (Wildman–Crippen MR) is 141 cm³/mol. The van der Waals surface area contributed by atoms with Crippen molar-refractivity contribution in [2.45, 2.75) is 31.8 Å². The number of ether oxygens (including phenoxy) is 1. The number of aliphatic hydroxyl groups excluding tert-OH is 2. The number of carbonyl (C=O) groups is 1. The van der Waals surface area contributed by atoms with E-state index in [2.05, 4.69) is 58.4 Å². The molecule has 1 aromatic heterocycles. The molecule has 36 heavy (non-hydrogen) atoms. The third kappa shape index (κ3) is 5.80. The zero-order valence-electron chi connectivity index (χ0n) is 21.0. The predicted octanol–water partition coefficient (Wildman–Crippen LogP) is 2.55. The lowest BCUT2D eigenvalue weighted by Gasteiger charge is -2.37. The summed E-state index contributed by atoms with van der Waals surface area (Å²) in [5, 5.41) is 26.0. The number of piperidine rings is 1. The van der Waals surface area contributed by atoms with Crippen LogP contribution in [0, 0.1) is 0 Å². The van der Waals surface area contributed by atoms with E-state index in [1.54, 1.807) is 9.58 Å². The van der Waals surface area contributed by atoms with Crippen LogP contribution in [0.15, 0.2) is 47.7 Å². The van der Waals surface area contributed by atoms with Crippen molar-refractivity contribution in [3.8, 4) is 11.1 Å². The van der Waals surface area contributed by atoms with E-state index in [9.17, 15) is 4.79 Å². The number of amides is 1. The normalized spacial score (nSPS) is 17.5. The number of benzene rings is 1. The molecule has 2 saturated heterocycles. The van der Waals surface area contributed by atoms with Gasteiger partial charge in [0.25, 0.3) is 0 Å². The second-order valence-electron chi connectivity index (χ2n) is 9.27. The third-order valence-corrected chi connectivity index (χ3v) is 7.10. The van der Waals surface area contributed by atoms with Gasteiger partial charge >= 0.3 is 6.09 Å². The van der Waals surface area contributed by atoms with Gasteiger partial charge in [-0.1, -0.05) is 30.3 Å². The maximum Gasteiger partial charge on any atom is 0.410 e. The minimum Gasteiger partial charge on any atom is -0.441 e. The standard InChI is InChI=1S/C27H37N5O4/c1-3-25(30-12-14-31(15-13-30)27(35)36-24(18-33)19-34)26-16-23(17-32(26)28-2)21-6-4-20(5-7-21)22-8-10-29-11-9-22/h3-7,16-17,22,24,29,33-34H,2,8-15,18-19H2,1H3/b25-3+. The van der Waals surface area contributed by atoms with Gasteiger partial charge in [0, 0.05) is 44.7 Å². The van der Waals surface area contributed by atoms with Crippen LogP contribution in [0.5, 0.6) is 0 Å². The molecule has 194 valence electrons. The first kappa shape index (κ1) is 25.9. The van der Waals surface area contributed by atoms with Crippen LogP contribution in [-0.2, 0) is 4.74 Å². The minimum absolute atomic E-state index is 0.403. The Labute approximate surface area is 212 Å². The van der Waals surface area contributed by atoms with Gasteiger partial charge in [-0.05, 0) is 56.0 Å². The summed E-state index contributed by atoms with van der Waals surface area (Å²) in [4.78, 5) is 16.2. The van der Waals surface area contributed by atoms with Crippen LogP contribution >= 0.6 is 0 Å². The van der Waals surface area contributed by atoms with Gasteiger partial charge in [0.1, 0.15) is 6.10 Å². The van der Waals surface area contributed by atoms with E-state index in [1.807, 2.05) is 13.1 Å². The van der Waals surface area contributed by atoms with Crippen LogP contribution in [0.3, 0.4) is 0 Å². The summed E-state index contributed by atoms with van der Waals surface area (Å²) in [6.07, 6.45) is 5.01. The fourth-order valence-corrected chi connectivity index (χ4v) is 4.99. The van der Waals surface area contributed by atoms with E-state index in [0.29, 0.717) is 32.1 Å². The van der Waals surface area contributed by atoms with Crippen LogP contribution in [0.25, 0.3) is 16.8 Å². The van der Waals surface area contributed by atoms with Gasteiger partial charge in [0.15, 0.2) is 0 Å². The summed E-state index contributed by atoms with van der Waals surface area (Å²) in [5.41, 5.74) is 5.59. The summed E-state index contributed by atoms with van der Waals surface area (Å²) in [7, 11) is 0. The number of hydrogen-bond donors (Lipinski definition) is 3. The highest BCUT2D eigenvalue weighted by atomic mass is 16.6. The molecule has 2 fully saturated rings. The van der Waals surface area contributed by atoms with Crippen LogP contribution in [-0.4, -0.2) is 96.1 Å². The SMILES string of the molecule is C=Nn1cc(-c2ccc(C3CCNCC3)cc2)cc1/C(=C\C)N1CCN(C(=O)OC(CO)CO)CC1. The lowest BCUT2D eigenvalue weighted by Crippen LogP contribution is -2.49. The molecule has 3 heterocycles. The second-order valence-corrected chi connectivity index (χ2v) is 9.27. The first-order chi connectivity index (χ1) is 17.6. The molecule has 3 N–H and O–H groups in total. The number of carbonyl (C=O) groups excluding carboxylic acids is 1. The Morgan fingerprint density at radius 2 is 1.75 bits per heavy atom. The van der Waals surface area contributed by atoms with Crippen molar-refractivity contribution in [1.82, 2.24) is 19.8 Å². The minimum atomic E-state index is -0.893. The van der Waals surface area contributed by atoms with E-state index < -0.39 is 25.4 Å². The number of nitrogens with zero attached hydrogens (tertiary/aromatic N) is 4. The molecular weight excluding hydrogens is 458 g/mol. The number of hydrogen-bond acceptors (Lipinski definition) is 7. The Morgan fingerprint density at radius 1 is 1.11 bits per heavy atom. The highest BCUT2D eigenvalue weighted by Crippen LogP contribution is 2.31. The second kappa shape index (κ2) is 12.2. The number of piperazine rings is 1. The molecule has 0 saturated carbocycles. The van der Waals surface area contributed by atoms with Crippen molar-refractivity contribution in [3.63, 3.8) is 0 Å². The van der Waals surface area contributed by atoms with Gasteiger partial charge in [-0.3, -0.25) is 0 Å². The highest BCUT2D eigenvalue weighted by Gasteiger charge is 2.27. The monoisotopic (exact) mass is 495 g/mol. The molecule has 0 aliphatic carbocycles.